The first-order valence-corrected chi connectivity index (χ1v) is 10.4. The number of aryl methyl sites for hydroxylation is 1. The van der Waals surface area contributed by atoms with Gasteiger partial charge in [-0.3, -0.25) is 4.90 Å². The molecule has 7 heteroatoms. The Kier molecular flexibility index (Phi) is 5.90. The first kappa shape index (κ1) is 18.9. The molecule has 1 saturated carbocycles. The van der Waals surface area contributed by atoms with Crippen molar-refractivity contribution in [2.45, 2.75) is 51.6 Å². The smallest absolute Gasteiger partial charge is 0.317 e. The van der Waals surface area contributed by atoms with Gasteiger partial charge in [-0.1, -0.05) is 42.6 Å². The zero-order chi connectivity index (χ0) is 19.3. The van der Waals surface area contributed by atoms with Gasteiger partial charge in [0.2, 0.25) is 0 Å². The molecule has 1 aromatic heterocycles. The van der Waals surface area contributed by atoms with Gasteiger partial charge in [-0.25, -0.2) is 4.79 Å². The van der Waals surface area contributed by atoms with Crippen molar-refractivity contribution < 1.29 is 9.32 Å². The quantitative estimate of drug-likeness (QED) is 0.878. The highest BCUT2D eigenvalue weighted by molar-refractivity contribution is 5.74. The van der Waals surface area contributed by atoms with Crippen LogP contribution in [0.1, 0.15) is 43.5 Å². The summed E-state index contributed by atoms with van der Waals surface area (Å²) in [5, 5.41) is 7.35. The molecule has 7 nitrogen and oxygen atoms in total. The van der Waals surface area contributed by atoms with Crippen LogP contribution in [0.25, 0.3) is 11.5 Å². The minimum Gasteiger partial charge on any atom is -0.335 e. The van der Waals surface area contributed by atoms with Crippen molar-refractivity contribution in [1.82, 2.24) is 25.3 Å². The third-order valence-electron chi connectivity index (χ3n) is 5.80. The Morgan fingerprint density at radius 1 is 1.14 bits per heavy atom. The van der Waals surface area contributed by atoms with E-state index < -0.39 is 0 Å². The van der Waals surface area contributed by atoms with Crippen molar-refractivity contribution in [3.63, 3.8) is 0 Å². The van der Waals surface area contributed by atoms with E-state index in [0.29, 0.717) is 24.3 Å². The summed E-state index contributed by atoms with van der Waals surface area (Å²) in [5.41, 5.74) is 2.10. The van der Waals surface area contributed by atoms with Crippen molar-refractivity contribution in [3.8, 4) is 11.5 Å². The molecule has 0 unspecified atom stereocenters. The number of carbonyl (C=O) groups is 1. The number of amides is 2. The minimum absolute atomic E-state index is 0.0907. The van der Waals surface area contributed by atoms with E-state index in [1.807, 2.05) is 36.1 Å². The van der Waals surface area contributed by atoms with Crippen LogP contribution in [0.3, 0.4) is 0 Å². The van der Waals surface area contributed by atoms with Crippen LogP contribution >= 0.6 is 0 Å². The standard InChI is InChI=1S/C21H29N5O2/c1-16-7-5-6-10-18(16)20-23-19(24-28-20)15-25-11-13-26(14-12-25)21(27)22-17-8-3-2-4-9-17/h5-7,10,17H,2-4,8-9,11-15H2,1H3,(H,22,27). The summed E-state index contributed by atoms with van der Waals surface area (Å²) < 4.78 is 5.45. The van der Waals surface area contributed by atoms with Gasteiger partial charge >= 0.3 is 6.03 Å². The van der Waals surface area contributed by atoms with Gasteiger partial charge in [0.1, 0.15) is 0 Å². The number of rotatable bonds is 4. The fraction of sp³-hybridized carbons (Fsp3) is 0.571. The first-order chi connectivity index (χ1) is 13.7. The van der Waals surface area contributed by atoms with E-state index in [4.69, 9.17) is 4.52 Å². The summed E-state index contributed by atoms with van der Waals surface area (Å²) >= 11 is 0. The normalized spacial score (nSPS) is 19.0. The summed E-state index contributed by atoms with van der Waals surface area (Å²) in [6.07, 6.45) is 5.99. The number of nitrogens with zero attached hydrogens (tertiary/aromatic N) is 4. The molecule has 150 valence electrons. The van der Waals surface area contributed by atoms with E-state index in [1.54, 1.807) is 0 Å². The van der Waals surface area contributed by atoms with Crippen molar-refractivity contribution in [3.05, 3.63) is 35.7 Å². The van der Waals surface area contributed by atoms with Crippen LogP contribution in [0.15, 0.2) is 28.8 Å². The molecule has 1 saturated heterocycles. The SMILES string of the molecule is Cc1ccccc1-c1nc(CN2CCN(C(=O)NC3CCCCC3)CC2)no1. The lowest BCUT2D eigenvalue weighted by Gasteiger charge is -2.35. The molecule has 1 aliphatic heterocycles. The molecule has 0 radical (unpaired) electrons. The molecule has 2 aliphatic rings. The summed E-state index contributed by atoms with van der Waals surface area (Å²) in [6, 6.07) is 8.46. The number of aromatic nitrogens is 2. The Labute approximate surface area is 166 Å². The van der Waals surface area contributed by atoms with Crippen LogP contribution in [0.4, 0.5) is 4.79 Å². The highest BCUT2D eigenvalue weighted by atomic mass is 16.5. The van der Waals surface area contributed by atoms with Crippen LogP contribution in [0, 0.1) is 6.92 Å². The maximum atomic E-state index is 12.5. The van der Waals surface area contributed by atoms with E-state index in [0.717, 1.165) is 50.1 Å². The third-order valence-corrected chi connectivity index (χ3v) is 5.80. The predicted octanol–water partition coefficient (Wildman–Crippen LogP) is 3.20. The van der Waals surface area contributed by atoms with Crippen LogP contribution in [0.2, 0.25) is 0 Å². The zero-order valence-corrected chi connectivity index (χ0v) is 16.6. The second-order valence-electron chi connectivity index (χ2n) is 7.88. The molecule has 1 aromatic carbocycles. The number of hydrogen-bond donors (Lipinski definition) is 1. The van der Waals surface area contributed by atoms with Crippen LogP contribution < -0.4 is 5.32 Å². The number of urea groups is 1. The fourth-order valence-electron chi connectivity index (χ4n) is 4.06. The molecule has 28 heavy (non-hydrogen) atoms. The number of hydrogen-bond acceptors (Lipinski definition) is 5. The number of nitrogens with one attached hydrogen (secondary N) is 1. The van der Waals surface area contributed by atoms with Gasteiger partial charge in [0, 0.05) is 37.8 Å². The molecular weight excluding hydrogens is 354 g/mol. The molecule has 1 N–H and O–H groups in total. The molecule has 2 fully saturated rings. The fourth-order valence-corrected chi connectivity index (χ4v) is 4.06. The molecule has 0 spiro atoms. The van der Waals surface area contributed by atoms with E-state index in [1.165, 1.54) is 19.3 Å². The lowest BCUT2D eigenvalue weighted by Crippen LogP contribution is -2.53. The van der Waals surface area contributed by atoms with E-state index in [2.05, 4.69) is 20.4 Å². The topological polar surface area (TPSA) is 74.5 Å². The average molecular weight is 383 g/mol. The zero-order valence-electron chi connectivity index (χ0n) is 16.6. The lowest BCUT2D eigenvalue weighted by atomic mass is 9.96. The average Bonchev–Trinajstić information content (AvgIpc) is 3.18. The summed E-state index contributed by atoms with van der Waals surface area (Å²) in [5.74, 6) is 1.26. The Morgan fingerprint density at radius 3 is 2.64 bits per heavy atom. The summed E-state index contributed by atoms with van der Waals surface area (Å²) in [7, 11) is 0. The van der Waals surface area contributed by atoms with Crippen molar-refractivity contribution >= 4 is 6.03 Å². The van der Waals surface area contributed by atoms with Crippen molar-refractivity contribution in [2.24, 2.45) is 0 Å². The van der Waals surface area contributed by atoms with E-state index in [-0.39, 0.29) is 6.03 Å². The van der Waals surface area contributed by atoms with Gasteiger partial charge < -0.3 is 14.7 Å². The summed E-state index contributed by atoms with van der Waals surface area (Å²) in [6.45, 7) is 5.81. The highest BCUT2D eigenvalue weighted by Crippen LogP contribution is 2.21. The Hall–Kier alpha value is -2.41. The monoisotopic (exact) mass is 383 g/mol. The second-order valence-corrected chi connectivity index (χ2v) is 7.88. The van der Waals surface area contributed by atoms with Gasteiger partial charge in [-0.2, -0.15) is 4.98 Å². The van der Waals surface area contributed by atoms with E-state index in [9.17, 15) is 4.79 Å². The molecule has 0 bridgehead atoms. The summed E-state index contributed by atoms with van der Waals surface area (Å²) in [4.78, 5) is 21.2. The molecule has 4 rings (SSSR count). The van der Waals surface area contributed by atoms with Crippen LogP contribution in [0.5, 0.6) is 0 Å². The number of carbonyl (C=O) groups excluding carboxylic acids is 1. The number of piperazine rings is 1. The van der Waals surface area contributed by atoms with Crippen LogP contribution in [-0.4, -0.2) is 58.2 Å². The minimum atomic E-state index is 0.0907. The lowest BCUT2D eigenvalue weighted by molar-refractivity contribution is 0.129. The molecule has 2 heterocycles. The first-order valence-electron chi connectivity index (χ1n) is 10.4. The highest BCUT2D eigenvalue weighted by Gasteiger charge is 2.24. The van der Waals surface area contributed by atoms with Gasteiger partial charge in [0.15, 0.2) is 5.82 Å². The third kappa shape index (κ3) is 4.52. The molecular formula is C21H29N5O2. The molecule has 1 aliphatic carbocycles. The van der Waals surface area contributed by atoms with Gasteiger partial charge in [-0.15, -0.1) is 0 Å². The van der Waals surface area contributed by atoms with Gasteiger partial charge in [-0.05, 0) is 31.4 Å². The Morgan fingerprint density at radius 2 is 1.89 bits per heavy atom. The van der Waals surface area contributed by atoms with Gasteiger partial charge in [0.05, 0.1) is 6.54 Å². The second kappa shape index (κ2) is 8.73. The number of benzene rings is 1. The van der Waals surface area contributed by atoms with Crippen molar-refractivity contribution in [1.29, 1.82) is 0 Å². The maximum Gasteiger partial charge on any atom is 0.317 e. The van der Waals surface area contributed by atoms with Crippen molar-refractivity contribution in [2.75, 3.05) is 26.2 Å². The van der Waals surface area contributed by atoms with Crippen LogP contribution in [-0.2, 0) is 6.54 Å². The Bertz CT molecular complexity index is 792. The predicted molar refractivity (Wildman–Crippen MR) is 107 cm³/mol. The Balaban J connectivity index is 1.27. The van der Waals surface area contributed by atoms with E-state index >= 15 is 0 Å². The largest absolute Gasteiger partial charge is 0.335 e. The molecule has 2 amide bonds. The van der Waals surface area contributed by atoms with Gasteiger partial charge in [0.25, 0.3) is 5.89 Å². The molecule has 2 aromatic rings. The maximum absolute atomic E-state index is 12.5. The molecule has 0 atom stereocenters.